The normalized spacial score (nSPS) is 10.3. The zero-order valence-corrected chi connectivity index (χ0v) is 18.9. The van der Waals surface area contributed by atoms with Crippen molar-refractivity contribution in [2.75, 3.05) is 6.61 Å². The van der Waals surface area contributed by atoms with Crippen molar-refractivity contribution in [3.05, 3.63) is 96.1 Å². The summed E-state index contributed by atoms with van der Waals surface area (Å²) >= 11 is 0. The zero-order valence-electron chi connectivity index (χ0n) is 18.9. The Balaban J connectivity index is 0.000000202. The van der Waals surface area contributed by atoms with Crippen LogP contribution in [0.2, 0.25) is 0 Å². The maximum atomic E-state index is 11.9. The van der Waals surface area contributed by atoms with Gasteiger partial charge < -0.3 is 14.9 Å². The van der Waals surface area contributed by atoms with Crippen LogP contribution >= 0.6 is 0 Å². The first kappa shape index (κ1) is 24.2. The summed E-state index contributed by atoms with van der Waals surface area (Å²) in [6.45, 7) is 6.20. The van der Waals surface area contributed by atoms with Crippen LogP contribution in [0.25, 0.3) is 21.5 Å². The number of esters is 1. The minimum absolute atomic E-state index is 0.0555. The number of rotatable bonds is 5. The number of carbonyl (C=O) groups is 3. The van der Waals surface area contributed by atoms with Crippen molar-refractivity contribution in [1.82, 2.24) is 0 Å². The maximum Gasteiger partial charge on any atom is 0.333 e. The van der Waals surface area contributed by atoms with Gasteiger partial charge in [0.05, 0.1) is 0 Å². The number of ketones is 2. The van der Waals surface area contributed by atoms with Crippen molar-refractivity contribution >= 4 is 39.1 Å². The third-order valence-corrected chi connectivity index (χ3v) is 5.06. The highest BCUT2D eigenvalue weighted by Crippen LogP contribution is 2.22. The third kappa shape index (κ3) is 6.07. The van der Waals surface area contributed by atoms with Gasteiger partial charge in [-0.05, 0) is 71.8 Å². The van der Waals surface area contributed by atoms with E-state index in [2.05, 4.69) is 6.58 Å². The summed E-state index contributed by atoms with van der Waals surface area (Å²) in [5.41, 5.74) is 1.41. The predicted octanol–water partition coefficient (Wildman–Crippen LogP) is 5.60. The summed E-state index contributed by atoms with van der Waals surface area (Å²) in [6.07, 6.45) is 0. The average Bonchev–Trinajstić information content (AvgIpc) is 2.81. The second-order valence-corrected chi connectivity index (χ2v) is 7.83. The Morgan fingerprint density at radius 3 is 1.65 bits per heavy atom. The first-order valence-electron chi connectivity index (χ1n) is 10.5. The third-order valence-electron chi connectivity index (χ3n) is 5.06. The molecular formula is C28H24O6. The number of hydrogen-bond acceptors (Lipinski definition) is 6. The number of ether oxygens (including phenoxy) is 1. The molecule has 2 N–H and O–H groups in total. The molecule has 0 unspecified atom stereocenters. The van der Waals surface area contributed by atoms with E-state index < -0.39 is 5.97 Å². The molecule has 0 heterocycles. The second kappa shape index (κ2) is 10.4. The van der Waals surface area contributed by atoms with Gasteiger partial charge in [-0.1, -0.05) is 43.0 Å². The number of Topliss-reactive ketones (excluding diaryl/α,β-unsaturated/α-hetero) is 2. The van der Waals surface area contributed by atoms with E-state index in [1.807, 2.05) is 12.1 Å². The second-order valence-electron chi connectivity index (χ2n) is 7.83. The lowest BCUT2D eigenvalue weighted by molar-refractivity contribution is -0.137. The van der Waals surface area contributed by atoms with Gasteiger partial charge in [0, 0.05) is 16.7 Å². The number of carbonyl (C=O) groups excluding carboxylic acids is 3. The summed E-state index contributed by atoms with van der Waals surface area (Å²) < 4.78 is 4.82. The first-order valence-corrected chi connectivity index (χ1v) is 10.5. The molecule has 6 nitrogen and oxygen atoms in total. The molecule has 4 aromatic rings. The molecule has 0 amide bonds. The number of aromatic hydroxyl groups is 2. The zero-order chi connectivity index (χ0) is 24.8. The van der Waals surface area contributed by atoms with Crippen molar-refractivity contribution in [2.45, 2.75) is 13.8 Å². The van der Waals surface area contributed by atoms with Crippen LogP contribution in [-0.2, 0) is 9.53 Å². The summed E-state index contributed by atoms with van der Waals surface area (Å²) in [5, 5.41) is 22.2. The number of phenolic OH excluding ortho intramolecular Hbond substituents is 2. The lowest BCUT2D eigenvalue weighted by Crippen LogP contribution is -2.14. The molecule has 0 fully saturated rings. The van der Waals surface area contributed by atoms with Gasteiger partial charge in [0.1, 0.15) is 11.5 Å². The van der Waals surface area contributed by atoms with Gasteiger partial charge in [-0.25, -0.2) is 4.79 Å². The molecule has 0 radical (unpaired) electrons. The quantitative estimate of drug-likeness (QED) is 0.230. The Bertz CT molecular complexity index is 1420. The van der Waals surface area contributed by atoms with E-state index in [1.54, 1.807) is 67.6 Å². The van der Waals surface area contributed by atoms with Crippen LogP contribution in [0, 0.1) is 0 Å². The lowest BCUT2D eigenvalue weighted by Gasteiger charge is -2.05. The highest BCUT2D eigenvalue weighted by atomic mass is 16.5. The van der Waals surface area contributed by atoms with Crippen molar-refractivity contribution in [3.8, 4) is 11.5 Å². The molecule has 0 aliphatic rings. The molecule has 0 atom stereocenters. The molecule has 4 rings (SSSR count). The standard InChI is InChI=1S/C16H14O4.C12H10O2/c1-10(2)16(19)20-9-15(18)13-4-3-12-8-14(17)6-5-11(12)7-13;1-8(13)9-2-3-11-7-12(14)5-4-10(11)6-9/h3-8,17H,1,9H2,2H3;2-7,14H,1H3. The van der Waals surface area contributed by atoms with E-state index in [4.69, 9.17) is 4.74 Å². The monoisotopic (exact) mass is 456 g/mol. The van der Waals surface area contributed by atoms with Crippen molar-refractivity contribution in [2.24, 2.45) is 0 Å². The SMILES string of the molecule is C=C(C)C(=O)OCC(=O)c1ccc2cc(O)ccc2c1.CC(=O)c1ccc2cc(O)ccc2c1. The summed E-state index contributed by atoms with van der Waals surface area (Å²) in [6, 6.07) is 20.5. The topological polar surface area (TPSA) is 101 Å². The van der Waals surface area contributed by atoms with Gasteiger partial charge in [-0.3, -0.25) is 9.59 Å². The van der Waals surface area contributed by atoms with Crippen molar-refractivity contribution < 1.29 is 29.3 Å². The Hall–Kier alpha value is -4.45. The van der Waals surface area contributed by atoms with Gasteiger partial charge in [-0.15, -0.1) is 0 Å². The van der Waals surface area contributed by atoms with E-state index in [9.17, 15) is 24.6 Å². The van der Waals surface area contributed by atoms with Crippen LogP contribution in [-0.4, -0.2) is 34.4 Å². The Morgan fingerprint density at radius 1 is 0.706 bits per heavy atom. The number of phenols is 2. The van der Waals surface area contributed by atoms with Crippen LogP contribution in [0.3, 0.4) is 0 Å². The molecule has 0 spiro atoms. The largest absolute Gasteiger partial charge is 0.508 e. The van der Waals surface area contributed by atoms with E-state index in [0.717, 1.165) is 21.5 Å². The Kier molecular flexibility index (Phi) is 7.43. The number of benzene rings is 4. The van der Waals surface area contributed by atoms with Gasteiger partial charge in [0.25, 0.3) is 0 Å². The number of hydrogen-bond donors (Lipinski definition) is 2. The van der Waals surface area contributed by atoms with Gasteiger partial charge in [0.2, 0.25) is 0 Å². The molecule has 34 heavy (non-hydrogen) atoms. The molecule has 0 aromatic heterocycles. The lowest BCUT2D eigenvalue weighted by atomic mass is 10.0. The molecule has 0 saturated carbocycles. The molecule has 4 aromatic carbocycles. The molecular weight excluding hydrogens is 432 g/mol. The van der Waals surface area contributed by atoms with Crippen molar-refractivity contribution in [3.63, 3.8) is 0 Å². The maximum absolute atomic E-state index is 11.9. The number of fused-ring (bicyclic) bond motifs is 2. The van der Waals surface area contributed by atoms with Crippen LogP contribution in [0.4, 0.5) is 0 Å². The molecule has 0 bridgehead atoms. The van der Waals surface area contributed by atoms with Gasteiger partial charge in [0.15, 0.2) is 18.2 Å². The molecule has 0 aliphatic carbocycles. The fourth-order valence-electron chi connectivity index (χ4n) is 3.20. The minimum Gasteiger partial charge on any atom is -0.508 e. The van der Waals surface area contributed by atoms with Crippen LogP contribution < -0.4 is 0 Å². The molecule has 172 valence electrons. The molecule has 0 saturated heterocycles. The van der Waals surface area contributed by atoms with E-state index in [0.29, 0.717) is 11.1 Å². The van der Waals surface area contributed by atoms with Crippen LogP contribution in [0.15, 0.2) is 84.9 Å². The van der Waals surface area contributed by atoms with Gasteiger partial charge >= 0.3 is 5.97 Å². The minimum atomic E-state index is -0.580. The first-order chi connectivity index (χ1) is 16.1. The average molecular weight is 456 g/mol. The van der Waals surface area contributed by atoms with Crippen LogP contribution in [0.5, 0.6) is 11.5 Å². The smallest absolute Gasteiger partial charge is 0.333 e. The summed E-state index contributed by atoms with van der Waals surface area (Å²) in [4.78, 5) is 34.3. The van der Waals surface area contributed by atoms with E-state index in [1.165, 1.54) is 6.92 Å². The highest BCUT2D eigenvalue weighted by Gasteiger charge is 2.11. The Labute approximate surface area is 196 Å². The van der Waals surface area contributed by atoms with Gasteiger partial charge in [-0.2, -0.15) is 0 Å². The van der Waals surface area contributed by atoms with E-state index >= 15 is 0 Å². The summed E-state index contributed by atoms with van der Waals surface area (Å²) in [5.74, 6) is -0.390. The van der Waals surface area contributed by atoms with Crippen LogP contribution in [0.1, 0.15) is 34.6 Å². The Morgan fingerprint density at radius 2 is 1.15 bits per heavy atom. The van der Waals surface area contributed by atoms with E-state index in [-0.39, 0.29) is 35.2 Å². The fraction of sp³-hybridized carbons (Fsp3) is 0.107. The highest BCUT2D eigenvalue weighted by molar-refractivity contribution is 6.02. The molecule has 6 heteroatoms. The fourth-order valence-corrected chi connectivity index (χ4v) is 3.20. The van der Waals surface area contributed by atoms with Crippen molar-refractivity contribution in [1.29, 1.82) is 0 Å². The molecule has 0 aliphatic heterocycles. The predicted molar refractivity (Wildman–Crippen MR) is 131 cm³/mol. The summed E-state index contributed by atoms with van der Waals surface area (Å²) in [7, 11) is 0.